The van der Waals surface area contributed by atoms with E-state index < -0.39 is 0 Å². The van der Waals surface area contributed by atoms with E-state index in [0.717, 1.165) is 57.5 Å². The van der Waals surface area contributed by atoms with E-state index in [4.69, 9.17) is 0 Å². The molecule has 0 aliphatic carbocycles. The topological polar surface area (TPSA) is 38.8 Å². The van der Waals surface area contributed by atoms with Crippen LogP contribution in [0.4, 0.5) is 15.8 Å². The molecule has 29 heavy (non-hydrogen) atoms. The molecule has 1 amide bonds. The van der Waals surface area contributed by atoms with Gasteiger partial charge in [-0.25, -0.2) is 4.39 Å². The molecule has 0 bridgehead atoms. The lowest BCUT2D eigenvalue weighted by Crippen LogP contribution is -2.42. The molecule has 4 aliphatic heterocycles. The first-order valence-corrected chi connectivity index (χ1v) is 11.5. The van der Waals surface area contributed by atoms with Crippen molar-refractivity contribution in [1.82, 2.24) is 10.2 Å². The Kier molecular flexibility index (Phi) is 5.25. The molecule has 1 spiro atoms. The van der Waals surface area contributed by atoms with Crippen LogP contribution in [0.15, 0.2) is 18.2 Å². The van der Waals surface area contributed by atoms with Crippen molar-refractivity contribution in [1.29, 1.82) is 0 Å². The van der Waals surface area contributed by atoms with Gasteiger partial charge in [0.1, 0.15) is 5.82 Å². The van der Waals surface area contributed by atoms with Crippen LogP contribution in [-0.4, -0.2) is 62.7 Å². The van der Waals surface area contributed by atoms with Gasteiger partial charge in [0.05, 0.1) is 11.1 Å². The summed E-state index contributed by atoms with van der Waals surface area (Å²) in [5.41, 5.74) is 1.14. The molecule has 0 unspecified atom stereocenters. The van der Waals surface area contributed by atoms with Crippen LogP contribution in [0.3, 0.4) is 0 Å². The van der Waals surface area contributed by atoms with Gasteiger partial charge >= 0.3 is 0 Å². The molecule has 0 saturated carbocycles. The number of hydrogen-bond donors (Lipinski definition) is 1. The SMILES string of the molecule is O=C1N(c2ccc(N3CC[C@H](N4CCCCC4)C3)cc2F)CCC12CCNCC2. The Morgan fingerprint density at radius 3 is 2.55 bits per heavy atom. The van der Waals surface area contributed by atoms with Gasteiger partial charge in [0.15, 0.2) is 0 Å². The number of halogens is 1. The summed E-state index contributed by atoms with van der Waals surface area (Å²) in [5.74, 6) is -0.139. The summed E-state index contributed by atoms with van der Waals surface area (Å²) >= 11 is 0. The summed E-state index contributed by atoms with van der Waals surface area (Å²) < 4.78 is 15.1. The molecule has 1 N–H and O–H groups in total. The summed E-state index contributed by atoms with van der Waals surface area (Å²) in [6.45, 7) is 6.79. The van der Waals surface area contributed by atoms with Crippen molar-refractivity contribution in [2.45, 2.75) is 51.0 Å². The standard InChI is InChI=1S/C23H33FN4O/c24-20-16-18(27-14-6-19(17-27)26-12-2-1-3-13-26)4-5-21(20)28-15-9-23(22(28)29)7-10-25-11-8-23/h4-5,16,19,25H,1-3,6-15,17H2/t19-/m0/s1. The highest BCUT2D eigenvalue weighted by molar-refractivity contribution is 6.00. The molecule has 4 fully saturated rings. The van der Waals surface area contributed by atoms with Crippen molar-refractivity contribution in [2.75, 3.05) is 55.6 Å². The first-order chi connectivity index (χ1) is 14.2. The number of hydrogen-bond acceptors (Lipinski definition) is 4. The van der Waals surface area contributed by atoms with Crippen molar-refractivity contribution in [3.8, 4) is 0 Å². The predicted octanol–water partition coefficient (Wildman–Crippen LogP) is 3.00. The summed E-state index contributed by atoms with van der Waals surface area (Å²) in [7, 11) is 0. The maximum atomic E-state index is 15.1. The molecule has 4 aliphatic rings. The van der Waals surface area contributed by atoms with Crippen LogP contribution in [0.25, 0.3) is 0 Å². The third-order valence-electron chi connectivity index (χ3n) is 7.73. The lowest BCUT2D eigenvalue weighted by Gasteiger charge is -2.32. The van der Waals surface area contributed by atoms with E-state index in [1.54, 1.807) is 11.0 Å². The minimum atomic E-state index is -0.271. The van der Waals surface area contributed by atoms with Crippen molar-refractivity contribution in [3.05, 3.63) is 24.0 Å². The Balaban J connectivity index is 1.28. The molecule has 0 aromatic heterocycles. The highest BCUT2D eigenvalue weighted by atomic mass is 19.1. The molecule has 158 valence electrons. The Morgan fingerprint density at radius 2 is 1.79 bits per heavy atom. The number of nitrogens with one attached hydrogen (secondary N) is 1. The zero-order valence-electron chi connectivity index (χ0n) is 17.3. The first kappa shape index (κ1) is 19.3. The van der Waals surface area contributed by atoms with Crippen molar-refractivity contribution in [3.63, 3.8) is 0 Å². The molecule has 6 heteroatoms. The van der Waals surface area contributed by atoms with Gasteiger partial charge in [0, 0.05) is 31.4 Å². The number of piperidine rings is 2. The van der Waals surface area contributed by atoms with Crippen LogP contribution >= 0.6 is 0 Å². The molecular formula is C23H33FN4O. The number of carbonyl (C=O) groups is 1. The number of carbonyl (C=O) groups excluding carboxylic acids is 1. The molecule has 5 nitrogen and oxygen atoms in total. The lowest BCUT2D eigenvalue weighted by atomic mass is 9.78. The lowest BCUT2D eigenvalue weighted by molar-refractivity contribution is -0.126. The largest absolute Gasteiger partial charge is 0.370 e. The van der Waals surface area contributed by atoms with Crippen LogP contribution in [0.1, 0.15) is 44.9 Å². The quantitative estimate of drug-likeness (QED) is 0.847. The van der Waals surface area contributed by atoms with Gasteiger partial charge in [-0.1, -0.05) is 6.42 Å². The van der Waals surface area contributed by atoms with Gasteiger partial charge in [0.2, 0.25) is 5.91 Å². The molecule has 0 radical (unpaired) electrons. The Morgan fingerprint density at radius 1 is 1.00 bits per heavy atom. The zero-order chi connectivity index (χ0) is 19.8. The fourth-order valence-corrected chi connectivity index (χ4v) is 5.89. The fourth-order valence-electron chi connectivity index (χ4n) is 5.89. The maximum absolute atomic E-state index is 15.1. The molecule has 4 saturated heterocycles. The highest BCUT2D eigenvalue weighted by Gasteiger charge is 2.47. The Labute approximate surface area is 173 Å². The van der Waals surface area contributed by atoms with Gasteiger partial charge in [-0.3, -0.25) is 9.69 Å². The number of likely N-dealkylation sites (tertiary alicyclic amines) is 1. The van der Waals surface area contributed by atoms with Crippen LogP contribution < -0.4 is 15.1 Å². The van der Waals surface area contributed by atoms with E-state index in [2.05, 4.69) is 15.1 Å². The maximum Gasteiger partial charge on any atom is 0.233 e. The average molecular weight is 401 g/mol. The number of amides is 1. The zero-order valence-corrected chi connectivity index (χ0v) is 17.3. The van der Waals surface area contributed by atoms with E-state index in [-0.39, 0.29) is 17.1 Å². The van der Waals surface area contributed by atoms with Crippen molar-refractivity contribution < 1.29 is 9.18 Å². The molecule has 5 rings (SSSR count). The van der Waals surface area contributed by atoms with Gasteiger partial charge < -0.3 is 15.1 Å². The molecule has 1 atom stereocenters. The Hall–Kier alpha value is -1.66. The number of anilines is 2. The van der Waals surface area contributed by atoms with Crippen LogP contribution in [-0.2, 0) is 4.79 Å². The highest BCUT2D eigenvalue weighted by Crippen LogP contribution is 2.42. The second-order valence-corrected chi connectivity index (χ2v) is 9.36. The van der Waals surface area contributed by atoms with Gasteiger partial charge in [-0.05, 0) is 82.9 Å². The normalized spacial score (nSPS) is 27.9. The van der Waals surface area contributed by atoms with Crippen molar-refractivity contribution in [2.24, 2.45) is 5.41 Å². The summed E-state index contributed by atoms with van der Waals surface area (Å²) in [5, 5.41) is 3.33. The van der Waals surface area contributed by atoms with Gasteiger partial charge in [-0.2, -0.15) is 0 Å². The predicted molar refractivity (Wildman–Crippen MR) is 114 cm³/mol. The second-order valence-electron chi connectivity index (χ2n) is 9.36. The molecular weight excluding hydrogens is 367 g/mol. The minimum Gasteiger partial charge on any atom is -0.370 e. The van der Waals surface area contributed by atoms with Crippen LogP contribution in [0.2, 0.25) is 0 Å². The second kappa shape index (κ2) is 7.88. The smallest absolute Gasteiger partial charge is 0.233 e. The summed E-state index contributed by atoms with van der Waals surface area (Å²) in [6, 6.07) is 6.08. The van der Waals surface area contributed by atoms with Gasteiger partial charge in [-0.15, -0.1) is 0 Å². The fraction of sp³-hybridized carbons (Fsp3) is 0.696. The minimum absolute atomic E-state index is 0.122. The van der Waals surface area contributed by atoms with E-state index in [1.807, 2.05) is 12.1 Å². The first-order valence-electron chi connectivity index (χ1n) is 11.5. The van der Waals surface area contributed by atoms with E-state index in [1.165, 1.54) is 32.4 Å². The molecule has 1 aromatic carbocycles. The van der Waals surface area contributed by atoms with Crippen molar-refractivity contribution >= 4 is 17.3 Å². The average Bonchev–Trinajstić information content (AvgIpc) is 3.36. The Bertz CT molecular complexity index is 757. The van der Waals surface area contributed by atoms with E-state index in [9.17, 15) is 4.79 Å². The third-order valence-corrected chi connectivity index (χ3v) is 7.73. The number of benzene rings is 1. The molecule has 1 aromatic rings. The van der Waals surface area contributed by atoms with Gasteiger partial charge in [0.25, 0.3) is 0 Å². The van der Waals surface area contributed by atoms with E-state index in [0.29, 0.717) is 18.3 Å². The van der Waals surface area contributed by atoms with Crippen LogP contribution in [0, 0.1) is 11.2 Å². The number of rotatable bonds is 3. The summed E-state index contributed by atoms with van der Waals surface area (Å²) in [6.07, 6.45) is 7.71. The molecule has 4 heterocycles. The third kappa shape index (κ3) is 3.55. The monoisotopic (exact) mass is 400 g/mol. The van der Waals surface area contributed by atoms with E-state index >= 15 is 4.39 Å². The summed E-state index contributed by atoms with van der Waals surface area (Å²) in [4.78, 5) is 19.7. The number of nitrogens with zero attached hydrogens (tertiary/aromatic N) is 3. The van der Waals surface area contributed by atoms with Crippen LogP contribution in [0.5, 0.6) is 0 Å².